The van der Waals surface area contributed by atoms with E-state index in [1.165, 1.54) is 0 Å². The molecule has 2 atom stereocenters. The summed E-state index contributed by atoms with van der Waals surface area (Å²) in [4.78, 5) is 12.7. The second kappa shape index (κ2) is 12.7. The van der Waals surface area contributed by atoms with E-state index >= 15 is 0 Å². The van der Waals surface area contributed by atoms with Gasteiger partial charge in [-0.25, -0.2) is 4.79 Å². The second-order valence-corrected chi connectivity index (χ2v) is 8.61. The minimum atomic E-state index is -0.930. The molecular formula is C31H30O5. The molecule has 0 aliphatic carbocycles. The maximum Gasteiger partial charge on any atom is 0.519 e. The molecule has 4 aromatic rings. The average Bonchev–Trinajstić information content (AvgIpc) is 2.92. The number of rotatable bonds is 10. The van der Waals surface area contributed by atoms with Crippen LogP contribution < -0.4 is 9.47 Å². The van der Waals surface area contributed by atoms with Gasteiger partial charge in [-0.05, 0) is 48.9 Å². The molecule has 5 nitrogen and oxygen atoms in total. The van der Waals surface area contributed by atoms with Gasteiger partial charge in [0.25, 0.3) is 0 Å². The van der Waals surface area contributed by atoms with Crippen LogP contribution in [0.15, 0.2) is 109 Å². The van der Waals surface area contributed by atoms with Crippen molar-refractivity contribution >= 4 is 6.16 Å². The Morgan fingerprint density at radius 2 is 0.917 bits per heavy atom. The molecule has 4 rings (SSSR count). The molecule has 0 saturated heterocycles. The number of hydrogen-bond acceptors (Lipinski definition) is 5. The lowest BCUT2D eigenvalue weighted by Crippen LogP contribution is -2.17. The number of aliphatic hydroxyl groups excluding tert-OH is 2. The minimum Gasteiger partial charge on any atom is -0.394 e. The van der Waals surface area contributed by atoms with Gasteiger partial charge in [-0.15, -0.1) is 0 Å². The van der Waals surface area contributed by atoms with Crippen LogP contribution >= 0.6 is 0 Å². The van der Waals surface area contributed by atoms with Crippen molar-refractivity contribution in [2.24, 2.45) is 0 Å². The van der Waals surface area contributed by atoms with E-state index in [1.807, 2.05) is 60.7 Å². The van der Waals surface area contributed by atoms with Gasteiger partial charge in [-0.1, -0.05) is 97.1 Å². The monoisotopic (exact) mass is 482 g/mol. The molecule has 0 fully saturated rings. The van der Waals surface area contributed by atoms with E-state index in [0.29, 0.717) is 36.8 Å². The number of carbonyl (C=O) groups is 1. The van der Waals surface area contributed by atoms with Crippen molar-refractivity contribution in [2.45, 2.75) is 37.9 Å². The summed E-state index contributed by atoms with van der Waals surface area (Å²) in [5.41, 5.74) is 3.27. The first-order valence-corrected chi connectivity index (χ1v) is 12.1. The highest BCUT2D eigenvalue weighted by atomic mass is 16.7. The van der Waals surface area contributed by atoms with Crippen LogP contribution in [-0.2, 0) is 12.8 Å². The Hall–Kier alpha value is -3.93. The van der Waals surface area contributed by atoms with Crippen molar-refractivity contribution in [1.29, 1.82) is 0 Å². The maximum absolute atomic E-state index is 12.7. The van der Waals surface area contributed by atoms with E-state index < -0.39 is 18.4 Å². The smallest absolute Gasteiger partial charge is 0.394 e. The first-order chi connectivity index (χ1) is 17.6. The van der Waals surface area contributed by atoms with E-state index in [1.54, 1.807) is 48.5 Å². The van der Waals surface area contributed by atoms with Gasteiger partial charge in [0.1, 0.15) is 11.5 Å². The molecular weight excluding hydrogens is 452 g/mol. The number of carbonyl (C=O) groups excluding carboxylic acids is 1. The van der Waals surface area contributed by atoms with Crippen LogP contribution in [0.25, 0.3) is 0 Å². The molecule has 0 aromatic heterocycles. The van der Waals surface area contributed by atoms with Gasteiger partial charge in [0.15, 0.2) is 0 Å². The molecule has 4 aromatic carbocycles. The van der Waals surface area contributed by atoms with Crippen molar-refractivity contribution < 1.29 is 24.5 Å². The lowest BCUT2D eigenvalue weighted by molar-refractivity contribution is 0.137. The molecule has 0 radical (unpaired) electrons. The number of benzene rings is 4. The van der Waals surface area contributed by atoms with Gasteiger partial charge in [0.2, 0.25) is 0 Å². The van der Waals surface area contributed by atoms with Gasteiger partial charge in [0, 0.05) is 11.1 Å². The predicted octanol–water partition coefficient (Wildman–Crippen LogP) is 6.60. The Labute approximate surface area is 211 Å². The van der Waals surface area contributed by atoms with E-state index in [-0.39, 0.29) is 11.5 Å². The second-order valence-electron chi connectivity index (χ2n) is 8.61. The van der Waals surface area contributed by atoms with Crippen LogP contribution in [0.5, 0.6) is 11.5 Å². The summed E-state index contributed by atoms with van der Waals surface area (Å²) in [7, 11) is 0. The fourth-order valence-corrected chi connectivity index (χ4v) is 4.11. The number of aliphatic hydroxyl groups is 2. The summed E-state index contributed by atoms with van der Waals surface area (Å²) in [5, 5.41) is 21.5. The highest BCUT2D eigenvalue weighted by Crippen LogP contribution is 2.31. The molecule has 5 heteroatoms. The average molecular weight is 483 g/mol. The molecule has 0 aliphatic rings. The Kier molecular flexibility index (Phi) is 8.87. The van der Waals surface area contributed by atoms with Crippen molar-refractivity contribution in [1.82, 2.24) is 0 Å². The molecule has 0 heterocycles. The summed E-state index contributed by atoms with van der Waals surface area (Å²) >= 11 is 0. The molecule has 0 saturated carbocycles. The maximum atomic E-state index is 12.7. The van der Waals surface area contributed by atoms with Crippen molar-refractivity contribution in [2.75, 3.05) is 0 Å². The van der Waals surface area contributed by atoms with Crippen LogP contribution in [0, 0.1) is 0 Å². The lowest BCUT2D eigenvalue weighted by Gasteiger charge is -2.17. The molecule has 0 aliphatic heterocycles. The number of ether oxygens (including phenoxy) is 2. The Bertz CT molecular complexity index is 1140. The van der Waals surface area contributed by atoms with Crippen molar-refractivity contribution in [3.63, 3.8) is 0 Å². The number of aryl methyl sites for hydroxylation is 2. The summed E-state index contributed by atoms with van der Waals surface area (Å²) in [6.45, 7) is 0. The number of para-hydroxylation sites is 2. The van der Waals surface area contributed by atoms with Crippen LogP contribution in [0.4, 0.5) is 4.79 Å². The Morgan fingerprint density at radius 1 is 0.556 bits per heavy atom. The van der Waals surface area contributed by atoms with E-state index in [9.17, 15) is 15.0 Å². The highest BCUT2D eigenvalue weighted by molar-refractivity contribution is 5.68. The van der Waals surface area contributed by atoms with E-state index in [4.69, 9.17) is 9.47 Å². The number of hydrogen-bond donors (Lipinski definition) is 2. The largest absolute Gasteiger partial charge is 0.519 e. The lowest BCUT2D eigenvalue weighted by atomic mass is 10.0. The zero-order valence-electron chi connectivity index (χ0n) is 20.0. The molecule has 0 bridgehead atoms. The molecule has 0 spiro atoms. The van der Waals surface area contributed by atoms with Crippen LogP contribution in [-0.4, -0.2) is 16.4 Å². The van der Waals surface area contributed by atoms with Crippen LogP contribution in [0.3, 0.4) is 0 Å². The van der Waals surface area contributed by atoms with Crippen molar-refractivity contribution in [3.8, 4) is 11.5 Å². The Balaban J connectivity index is 1.39. The molecule has 36 heavy (non-hydrogen) atoms. The van der Waals surface area contributed by atoms with Gasteiger partial charge in [-0.2, -0.15) is 0 Å². The highest BCUT2D eigenvalue weighted by Gasteiger charge is 2.20. The summed E-state index contributed by atoms with van der Waals surface area (Å²) in [6.07, 6.45) is -0.196. The van der Waals surface area contributed by atoms with E-state index in [2.05, 4.69) is 0 Å². The predicted molar refractivity (Wildman–Crippen MR) is 139 cm³/mol. The first-order valence-electron chi connectivity index (χ1n) is 12.1. The zero-order chi connectivity index (χ0) is 25.2. The van der Waals surface area contributed by atoms with Crippen LogP contribution in [0.2, 0.25) is 0 Å². The summed E-state index contributed by atoms with van der Waals surface area (Å²) in [6, 6.07) is 33.6. The third-order valence-corrected chi connectivity index (χ3v) is 6.04. The summed E-state index contributed by atoms with van der Waals surface area (Å²) in [5.74, 6) is 0.482. The minimum absolute atomic E-state index is 0.241. The fourth-order valence-electron chi connectivity index (χ4n) is 4.11. The molecule has 0 amide bonds. The third-order valence-electron chi connectivity index (χ3n) is 6.04. The SMILES string of the molecule is O=C(Oc1ccccc1C(O)CCc1ccccc1)Oc1ccccc1C(O)CCc1ccccc1. The van der Waals surface area contributed by atoms with E-state index in [0.717, 1.165) is 11.1 Å². The van der Waals surface area contributed by atoms with Crippen molar-refractivity contribution in [3.05, 3.63) is 131 Å². The quantitative estimate of drug-likeness (QED) is 0.197. The van der Waals surface area contributed by atoms with Gasteiger partial charge in [-0.3, -0.25) is 0 Å². The third kappa shape index (κ3) is 7.04. The molecule has 2 N–H and O–H groups in total. The fraction of sp³-hybridized carbons (Fsp3) is 0.194. The van der Waals surface area contributed by atoms with Gasteiger partial charge < -0.3 is 19.7 Å². The van der Waals surface area contributed by atoms with Crippen LogP contribution in [0.1, 0.15) is 47.3 Å². The Morgan fingerprint density at radius 3 is 1.33 bits per heavy atom. The van der Waals surface area contributed by atoms with Gasteiger partial charge in [0.05, 0.1) is 12.2 Å². The standard InChI is InChI=1S/C31H30O5/c32-27(21-19-23-11-3-1-4-12-23)25-15-7-9-17-29(25)35-31(34)36-30-18-10-8-16-26(30)28(33)22-20-24-13-5-2-6-14-24/h1-18,27-28,32-33H,19-22H2. The van der Waals surface area contributed by atoms with Gasteiger partial charge >= 0.3 is 6.16 Å². The molecule has 184 valence electrons. The zero-order valence-corrected chi connectivity index (χ0v) is 20.0. The molecule has 2 unspecified atom stereocenters. The normalized spacial score (nSPS) is 12.5. The first kappa shape index (κ1) is 25.2. The summed E-state index contributed by atoms with van der Waals surface area (Å²) < 4.78 is 11.0. The topological polar surface area (TPSA) is 76.0 Å².